The number of rotatable bonds is 5. The molecule has 6 heteroatoms. The van der Waals surface area contributed by atoms with Crippen LogP contribution < -0.4 is 0 Å². The van der Waals surface area contributed by atoms with Gasteiger partial charge in [0.2, 0.25) is 0 Å². The molecule has 3 rings (SSSR count). The van der Waals surface area contributed by atoms with Gasteiger partial charge in [0.15, 0.2) is 0 Å². The van der Waals surface area contributed by atoms with Gasteiger partial charge in [-0.2, -0.15) is 15.4 Å². The molecule has 1 atom stereocenters. The third kappa shape index (κ3) is 3.36. The molecule has 1 aliphatic rings. The zero-order chi connectivity index (χ0) is 12.9. The maximum atomic E-state index is 5.83. The molecular weight excluding hydrogens is 242 g/mol. The molecule has 1 fully saturated rings. The number of nitrogens with one attached hydrogen (secondary N) is 1. The first-order chi connectivity index (χ1) is 9.40. The number of nitrogens with zero attached hydrogens (tertiary/aromatic N) is 4. The van der Waals surface area contributed by atoms with Crippen LogP contribution in [-0.4, -0.2) is 44.5 Å². The van der Waals surface area contributed by atoms with Crippen molar-refractivity contribution in [2.45, 2.75) is 25.7 Å². The van der Waals surface area contributed by atoms with E-state index in [1.165, 1.54) is 0 Å². The van der Waals surface area contributed by atoms with Gasteiger partial charge in [0, 0.05) is 25.8 Å². The second-order valence-electron chi connectivity index (χ2n) is 4.74. The largest absolute Gasteiger partial charge is 0.370 e. The Kier molecular flexibility index (Phi) is 3.81. The van der Waals surface area contributed by atoms with E-state index >= 15 is 0 Å². The lowest BCUT2D eigenvalue weighted by Gasteiger charge is -2.15. The molecule has 2 aromatic heterocycles. The summed E-state index contributed by atoms with van der Waals surface area (Å²) in [5.41, 5.74) is 1.96. The quantitative estimate of drug-likeness (QED) is 0.867. The number of aromatic amines is 1. The Morgan fingerprint density at radius 2 is 2.37 bits per heavy atom. The fourth-order valence-corrected chi connectivity index (χ4v) is 2.30. The van der Waals surface area contributed by atoms with Crippen molar-refractivity contribution < 1.29 is 4.74 Å². The van der Waals surface area contributed by atoms with E-state index in [2.05, 4.69) is 31.4 Å². The number of hydrogen-bond acceptors (Lipinski definition) is 5. The SMILES string of the molecule is c1ccc(CN2CC[C@H](OCc3cn[nH]n3)C2)nc1. The van der Waals surface area contributed by atoms with E-state index < -0.39 is 0 Å². The van der Waals surface area contributed by atoms with E-state index in [1.807, 2.05) is 18.3 Å². The van der Waals surface area contributed by atoms with Crippen molar-refractivity contribution >= 4 is 0 Å². The minimum atomic E-state index is 0.278. The maximum absolute atomic E-state index is 5.83. The van der Waals surface area contributed by atoms with Crippen LogP contribution >= 0.6 is 0 Å². The van der Waals surface area contributed by atoms with Gasteiger partial charge in [0.25, 0.3) is 0 Å². The zero-order valence-corrected chi connectivity index (χ0v) is 10.7. The van der Waals surface area contributed by atoms with Crippen molar-refractivity contribution in [3.8, 4) is 0 Å². The Labute approximate surface area is 111 Å². The van der Waals surface area contributed by atoms with Crippen molar-refractivity contribution in [3.05, 3.63) is 42.0 Å². The van der Waals surface area contributed by atoms with Gasteiger partial charge in [-0.05, 0) is 18.6 Å². The molecule has 0 amide bonds. The average molecular weight is 259 g/mol. The van der Waals surface area contributed by atoms with Crippen LogP contribution in [-0.2, 0) is 17.9 Å². The number of pyridine rings is 1. The molecule has 0 radical (unpaired) electrons. The van der Waals surface area contributed by atoms with Gasteiger partial charge in [0.05, 0.1) is 24.6 Å². The number of aromatic nitrogens is 4. The Hall–Kier alpha value is -1.79. The molecule has 2 aromatic rings. The van der Waals surface area contributed by atoms with Gasteiger partial charge in [-0.1, -0.05) is 6.07 Å². The second kappa shape index (κ2) is 5.90. The van der Waals surface area contributed by atoms with Crippen LogP contribution in [0.15, 0.2) is 30.6 Å². The third-order valence-electron chi connectivity index (χ3n) is 3.27. The molecule has 0 bridgehead atoms. The van der Waals surface area contributed by atoms with E-state index in [-0.39, 0.29) is 6.10 Å². The molecule has 0 spiro atoms. The van der Waals surface area contributed by atoms with Crippen LogP contribution in [0.3, 0.4) is 0 Å². The van der Waals surface area contributed by atoms with Crippen molar-refractivity contribution in [2.75, 3.05) is 13.1 Å². The lowest BCUT2D eigenvalue weighted by molar-refractivity contribution is 0.0442. The second-order valence-corrected chi connectivity index (χ2v) is 4.74. The molecule has 0 aromatic carbocycles. The first kappa shape index (κ1) is 12.3. The van der Waals surface area contributed by atoms with Crippen LogP contribution in [0.1, 0.15) is 17.8 Å². The van der Waals surface area contributed by atoms with E-state index in [0.29, 0.717) is 6.61 Å². The predicted octanol–water partition coefficient (Wildman–Crippen LogP) is 0.991. The smallest absolute Gasteiger partial charge is 0.108 e. The summed E-state index contributed by atoms with van der Waals surface area (Å²) in [6.07, 6.45) is 4.87. The van der Waals surface area contributed by atoms with Gasteiger partial charge in [-0.3, -0.25) is 9.88 Å². The number of hydrogen-bond donors (Lipinski definition) is 1. The van der Waals surface area contributed by atoms with Crippen LogP contribution in [0.4, 0.5) is 0 Å². The molecule has 1 aliphatic heterocycles. The van der Waals surface area contributed by atoms with Gasteiger partial charge in [0.1, 0.15) is 5.69 Å². The van der Waals surface area contributed by atoms with E-state index in [1.54, 1.807) is 6.20 Å². The minimum absolute atomic E-state index is 0.278. The van der Waals surface area contributed by atoms with Crippen molar-refractivity contribution in [2.24, 2.45) is 0 Å². The first-order valence-electron chi connectivity index (χ1n) is 6.48. The van der Waals surface area contributed by atoms with E-state index in [9.17, 15) is 0 Å². The molecule has 1 N–H and O–H groups in total. The highest BCUT2D eigenvalue weighted by Gasteiger charge is 2.23. The van der Waals surface area contributed by atoms with Crippen molar-refractivity contribution in [3.63, 3.8) is 0 Å². The summed E-state index contributed by atoms with van der Waals surface area (Å²) in [6.45, 7) is 3.43. The molecule has 19 heavy (non-hydrogen) atoms. The highest BCUT2D eigenvalue weighted by atomic mass is 16.5. The fourth-order valence-electron chi connectivity index (χ4n) is 2.30. The van der Waals surface area contributed by atoms with E-state index in [0.717, 1.165) is 37.4 Å². The van der Waals surface area contributed by atoms with E-state index in [4.69, 9.17) is 4.74 Å². The average Bonchev–Trinajstić information content (AvgIpc) is 3.09. The molecule has 0 saturated carbocycles. The van der Waals surface area contributed by atoms with Gasteiger partial charge >= 0.3 is 0 Å². The Bertz CT molecular complexity index is 487. The molecule has 100 valence electrons. The topological polar surface area (TPSA) is 66.9 Å². The predicted molar refractivity (Wildman–Crippen MR) is 69.1 cm³/mol. The number of likely N-dealkylation sites (tertiary alicyclic amines) is 1. The Morgan fingerprint density at radius 3 is 3.16 bits per heavy atom. The maximum Gasteiger partial charge on any atom is 0.108 e. The standard InChI is InChI=1S/C13H17N5O/c1-2-5-14-11(3-1)8-18-6-4-13(9-18)19-10-12-7-15-17-16-12/h1-3,5,7,13H,4,6,8-10H2,(H,15,16,17)/t13-/m0/s1. The highest BCUT2D eigenvalue weighted by Crippen LogP contribution is 2.16. The zero-order valence-electron chi connectivity index (χ0n) is 10.7. The molecule has 6 nitrogen and oxygen atoms in total. The summed E-state index contributed by atoms with van der Waals surface area (Å²) in [5.74, 6) is 0. The lowest BCUT2D eigenvalue weighted by atomic mass is 10.3. The Morgan fingerprint density at radius 1 is 1.37 bits per heavy atom. The molecule has 3 heterocycles. The molecular formula is C13H17N5O. The van der Waals surface area contributed by atoms with Crippen molar-refractivity contribution in [1.29, 1.82) is 0 Å². The van der Waals surface area contributed by atoms with Crippen LogP contribution in [0.5, 0.6) is 0 Å². The lowest BCUT2D eigenvalue weighted by Crippen LogP contribution is -2.23. The highest BCUT2D eigenvalue weighted by molar-refractivity contribution is 5.03. The summed E-state index contributed by atoms with van der Waals surface area (Å²) in [6, 6.07) is 6.03. The summed E-state index contributed by atoms with van der Waals surface area (Å²) in [4.78, 5) is 6.72. The van der Waals surface area contributed by atoms with Gasteiger partial charge in [-0.25, -0.2) is 0 Å². The normalized spacial score (nSPS) is 19.9. The van der Waals surface area contributed by atoms with Crippen LogP contribution in [0, 0.1) is 0 Å². The summed E-state index contributed by atoms with van der Waals surface area (Å²) < 4.78 is 5.83. The van der Waals surface area contributed by atoms with Crippen LogP contribution in [0.25, 0.3) is 0 Å². The number of ether oxygens (including phenoxy) is 1. The third-order valence-corrected chi connectivity index (χ3v) is 3.27. The fraction of sp³-hybridized carbons (Fsp3) is 0.462. The van der Waals surface area contributed by atoms with Crippen LogP contribution in [0.2, 0.25) is 0 Å². The number of H-pyrrole nitrogens is 1. The minimum Gasteiger partial charge on any atom is -0.370 e. The molecule has 1 saturated heterocycles. The summed E-state index contributed by atoms with van der Waals surface area (Å²) >= 11 is 0. The van der Waals surface area contributed by atoms with Gasteiger partial charge in [-0.15, -0.1) is 0 Å². The Balaban J connectivity index is 1.45. The summed E-state index contributed by atoms with van der Waals surface area (Å²) in [5, 5.41) is 10.3. The summed E-state index contributed by atoms with van der Waals surface area (Å²) in [7, 11) is 0. The van der Waals surface area contributed by atoms with Gasteiger partial charge < -0.3 is 4.74 Å². The molecule has 0 unspecified atom stereocenters. The monoisotopic (exact) mass is 259 g/mol. The van der Waals surface area contributed by atoms with Crippen molar-refractivity contribution in [1.82, 2.24) is 25.3 Å². The molecule has 0 aliphatic carbocycles. The first-order valence-corrected chi connectivity index (χ1v) is 6.48.